The van der Waals surface area contributed by atoms with Crippen LogP contribution in [0.4, 0.5) is 16.2 Å². The summed E-state index contributed by atoms with van der Waals surface area (Å²) in [7, 11) is 0. The summed E-state index contributed by atoms with van der Waals surface area (Å²) in [6.45, 7) is 1.33. The first-order chi connectivity index (χ1) is 11.6. The van der Waals surface area contributed by atoms with Crippen molar-refractivity contribution in [2.45, 2.75) is 5.25 Å². The minimum atomic E-state index is -0.460. The van der Waals surface area contributed by atoms with Crippen molar-refractivity contribution in [2.75, 3.05) is 24.2 Å². The van der Waals surface area contributed by atoms with E-state index in [1.807, 2.05) is 30.0 Å². The van der Waals surface area contributed by atoms with Gasteiger partial charge in [0.05, 0.1) is 4.92 Å². The van der Waals surface area contributed by atoms with Crippen LogP contribution < -0.4 is 5.32 Å². The minimum Gasteiger partial charge on any atom is -0.322 e. The normalized spacial score (nSPS) is 17.3. The van der Waals surface area contributed by atoms with Gasteiger partial charge >= 0.3 is 6.03 Å². The first kappa shape index (κ1) is 16.3. The van der Waals surface area contributed by atoms with Crippen molar-refractivity contribution < 1.29 is 9.72 Å². The number of non-ortho nitro benzene ring substituents is 1. The molecule has 124 valence electrons. The average molecular weight is 343 g/mol. The highest BCUT2D eigenvalue weighted by atomic mass is 32.2. The van der Waals surface area contributed by atoms with Gasteiger partial charge in [0, 0.05) is 41.9 Å². The highest BCUT2D eigenvalue weighted by Crippen LogP contribution is 2.33. The fraction of sp³-hybridized carbons (Fsp3) is 0.235. The molecule has 0 aromatic heterocycles. The van der Waals surface area contributed by atoms with Crippen molar-refractivity contribution in [1.29, 1.82) is 0 Å². The van der Waals surface area contributed by atoms with Crippen molar-refractivity contribution in [2.24, 2.45) is 0 Å². The number of carbonyl (C=O) groups is 1. The van der Waals surface area contributed by atoms with E-state index in [0.717, 1.165) is 5.75 Å². The number of hydrogen-bond acceptors (Lipinski definition) is 4. The molecule has 1 saturated heterocycles. The molecule has 1 aliphatic heterocycles. The number of nitro groups is 1. The van der Waals surface area contributed by atoms with Crippen LogP contribution in [0.15, 0.2) is 54.6 Å². The van der Waals surface area contributed by atoms with E-state index >= 15 is 0 Å². The van der Waals surface area contributed by atoms with Crippen molar-refractivity contribution >= 4 is 29.2 Å². The predicted molar refractivity (Wildman–Crippen MR) is 95.3 cm³/mol. The highest BCUT2D eigenvalue weighted by Gasteiger charge is 2.25. The number of benzene rings is 2. The number of rotatable bonds is 3. The van der Waals surface area contributed by atoms with E-state index in [1.165, 1.54) is 17.7 Å². The molecule has 0 aliphatic carbocycles. The lowest BCUT2D eigenvalue weighted by molar-refractivity contribution is -0.384. The molecule has 3 rings (SSSR count). The smallest absolute Gasteiger partial charge is 0.321 e. The summed E-state index contributed by atoms with van der Waals surface area (Å²) < 4.78 is 0. The topological polar surface area (TPSA) is 75.5 Å². The molecule has 0 unspecified atom stereocenters. The zero-order valence-corrected chi connectivity index (χ0v) is 13.7. The van der Waals surface area contributed by atoms with Gasteiger partial charge in [-0.05, 0) is 17.7 Å². The summed E-state index contributed by atoms with van der Waals surface area (Å²) in [5.41, 5.74) is 1.78. The summed E-state index contributed by atoms with van der Waals surface area (Å²) in [6, 6.07) is 15.8. The maximum absolute atomic E-state index is 12.4. The zero-order valence-electron chi connectivity index (χ0n) is 12.9. The largest absolute Gasteiger partial charge is 0.322 e. The fourth-order valence-corrected chi connectivity index (χ4v) is 3.82. The SMILES string of the molecule is O=C(Nc1ccc([N+](=O)[O-])cc1)N1CCS[C@@H](c2ccccc2)C1. The van der Waals surface area contributed by atoms with Gasteiger partial charge in [-0.3, -0.25) is 10.1 Å². The Hall–Kier alpha value is -2.54. The molecule has 7 heteroatoms. The van der Waals surface area contributed by atoms with Crippen LogP contribution in [0, 0.1) is 10.1 Å². The molecule has 0 radical (unpaired) electrons. The third-order valence-corrected chi connectivity index (χ3v) is 5.10. The van der Waals surface area contributed by atoms with E-state index in [2.05, 4.69) is 17.4 Å². The second-order valence-electron chi connectivity index (χ2n) is 5.45. The Morgan fingerprint density at radius 2 is 1.88 bits per heavy atom. The van der Waals surface area contributed by atoms with E-state index in [1.54, 1.807) is 17.0 Å². The molecule has 0 saturated carbocycles. The molecular formula is C17H17N3O3S. The van der Waals surface area contributed by atoms with Crippen molar-refractivity contribution in [3.63, 3.8) is 0 Å². The van der Waals surface area contributed by atoms with Crippen LogP contribution in [0.1, 0.15) is 10.8 Å². The first-order valence-corrected chi connectivity index (χ1v) is 8.65. The summed E-state index contributed by atoms with van der Waals surface area (Å²) in [5.74, 6) is 0.882. The van der Waals surface area contributed by atoms with Gasteiger partial charge in [0.1, 0.15) is 0 Å². The number of nitrogens with one attached hydrogen (secondary N) is 1. The number of nitrogens with zero attached hydrogens (tertiary/aromatic N) is 2. The van der Waals surface area contributed by atoms with Crippen LogP contribution in [-0.2, 0) is 0 Å². The minimum absolute atomic E-state index is 0.00603. The lowest BCUT2D eigenvalue weighted by Crippen LogP contribution is -2.41. The third-order valence-electron chi connectivity index (χ3n) is 3.85. The number of nitro benzene ring substituents is 1. The Morgan fingerprint density at radius 1 is 1.17 bits per heavy atom. The molecule has 1 aliphatic rings. The Labute approximate surface area is 144 Å². The first-order valence-electron chi connectivity index (χ1n) is 7.60. The zero-order chi connectivity index (χ0) is 16.9. The van der Waals surface area contributed by atoms with Crippen LogP contribution in [0.25, 0.3) is 0 Å². The quantitative estimate of drug-likeness (QED) is 0.677. The van der Waals surface area contributed by atoms with Gasteiger partial charge in [0.2, 0.25) is 0 Å². The Kier molecular flexibility index (Phi) is 5.00. The van der Waals surface area contributed by atoms with Crippen molar-refractivity contribution in [1.82, 2.24) is 4.90 Å². The maximum Gasteiger partial charge on any atom is 0.321 e. The lowest BCUT2D eigenvalue weighted by Gasteiger charge is -2.32. The molecular weight excluding hydrogens is 326 g/mol. The van der Waals surface area contributed by atoms with Crippen molar-refractivity contribution in [3.05, 3.63) is 70.3 Å². The molecule has 0 spiro atoms. The van der Waals surface area contributed by atoms with Gasteiger partial charge < -0.3 is 10.2 Å². The van der Waals surface area contributed by atoms with Crippen LogP contribution in [0.2, 0.25) is 0 Å². The van der Waals surface area contributed by atoms with Crippen LogP contribution in [0.3, 0.4) is 0 Å². The fourth-order valence-electron chi connectivity index (χ4n) is 2.57. The van der Waals surface area contributed by atoms with E-state index in [9.17, 15) is 14.9 Å². The summed E-state index contributed by atoms with van der Waals surface area (Å²) in [5, 5.41) is 13.7. The number of amides is 2. The van der Waals surface area contributed by atoms with Gasteiger partial charge in [0.25, 0.3) is 5.69 Å². The number of anilines is 1. The Bertz CT molecular complexity index is 722. The van der Waals surface area contributed by atoms with E-state index in [-0.39, 0.29) is 17.0 Å². The van der Waals surface area contributed by atoms with Crippen LogP contribution >= 0.6 is 11.8 Å². The monoisotopic (exact) mass is 343 g/mol. The highest BCUT2D eigenvalue weighted by molar-refractivity contribution is 7.99. The van der Waals surface area contributed by atoms with Gasteiger partial charge in [-0.2, -0.15) is 11.8 Å². The molecule has 2 aromatic carbocycles. The molecule has 2 aromatic rings. The number of urea groups is 1. The van der Waals surface area contributed by atoms with Gasteiger partial charge in [-0.15, -0.1) is 0 Å². The van der Waals surface area contributed by atoms with Gasteiger partial charge in [-0.1, -0.05) is 30.3 Å². The van der Waals surface area contributed by atoms with Crippen LogP contribution in [-0.4, -0.2) is 34.7 Å². The summed E-state index contributed by atoms with van der Waals surface area (Å²) in [4.78, 5) is 24.4. The van der Waals surface area contributed by atoms with E-state index < -0.39 is 4.92 Å². The Morgan fingerprint density at radius 3 is 2.54 bits per heavy atom. The molecule has 1 heterocycles. The van der Waals surface area contributed by atoms with Crippen LogP contribution in [0.5, 0.6) is 0 Å². The number of carbonyl (C=O) groups excluding carboxylic acids is 1. The Balaban J connectivity index is 1.63. The molecule has 0 bridgehead atoms. The molecule has 1 fully saturated rings. The molecule has 6 nitrogen and oxygen atoms in total. The summed E-state index contributed by atoms with van der Waals surface area (Å²) in [6.07, 6.45) is 0. The predicted octanol–water partition coefficient (Wildman–Crippen LogP) is 3.92. The second-order valence-corrected chi connectivity index (χ2v) is 6.76. The lowest BCUT2D eigenvalue weighted by atomic mass is 10.1. The van der Waals surface area contributed by atoms with Crippen molar-refractivity contribution in [3.8, 4) is 0 Å². The third kappa shape index (κ3) is 3.86. The maximum atomic E-state index is 12.4. The molecule has 1 N–H and O–H groups in total. The molecule has 1 atom stereocenters. The number of hydrogen-bond donors (Lipinski definition) is 1. The molecule has 24 heavy (non-hydrogen) atoms. The second kappa shape index (κ2) is 7.35. The van der Waals surface area contributed by atoms with E-state index in [4.69, 9.17) is 0 Å². The standard InChI is InChI=1S/C17H17N3O3S/c21-17(18-14-6-8-15(9-7-14)20(22)23)19-10-11-24-16(12-19)13-4-2-1-3-5-13/h1-9,16H,10-12H2,(H,18,21)/t16-/m1/s1. The molecule has 2 amide bonds. The number of thioether (sulfide) groups is 1. The van der Waals surface area contributed by atoms with Gasteiger partial charge in [-0.25, -0.2) is 4.79 Å². The average Bonchev–Trinajstić information content (AvgIpc) is 2.63. The summed E-state index contributed by atoms with van der Waals surface area (Å²) >= 11 is 1.85. The van der Waals surface area contributed by atoms with E-state index in [0.29, 0.717) is 18.8 Å². The van der Waals surface area contributed by atoms with Gasteiger partial charge in [0.15, 0.2) is 0 Å².